The topological polar surface area (TPSA) is 65.5 Å². The van der Waals surface area contributed by atoms with Gasteiger partial charge in [-0.15, -0.1) is 0 Å². The Morgan fingerprint density at radius 2 is 2.05 bits per heavy atom. The maximum atomic E-state index is 12.2. The largest absolute Gasteiger partial charge is 0.395 e. The van der Waals surface area contributed by atoms with Gasteiger partial charge in [-0.1, -0.05) is 36.4 Å². The molecule has 0 aliphatic rings. The third kappa shape index (κ3) is 5.03. The summed E-state index contributed by atoms with van der Waals surface area (Å²) in [5.41, 5.74) is 1.91. The number of benzene rings is 1. The van der Waals surface area contributed by atoms with Gasteiger partial charge in [-0.05, 0) is 23.3 Å². The summed E-state index contributed by atoms with van der Waals surface area (Å²) in [7, 11) is 0. The average Bonchev–Trinajstić information content (AvgIpc) is 2.58. The average molecular weight is 297 g/mol. The van der Waals surface area contributed by atoms with Gasteiger partial charge in [0.05, 0.1) is 13.2 Å². The first-order chi connectivity index (χ1) is 10.8. The zero-order chi connectivity index (χ0) is 15.6. The Kier molecular flexibility index (Phi) is 6.14. The van der Waals surface area contributed by atoms with Crippen molar-refractivity contribution in [2.45, 2.75) is 6.54 Å². The predicted molar refractivity (Wildman–Crippen MR) is 85.7 cm³/mol. The van der Waals surface area contributed by atoms with Crippen molar-refractivity contribution in [2.24, 2.45) is 0 Å². The van der Waals surface area contributed by atoms with Crippen LogP contribution in [0.5, 0.6) is 0 Å². The number of hydrogen-bond acceptors (Lipinski definition) is 3. The van der Waals surface area contributed by atoms with E-state index in [4.69, 9.17) is 5.11 Å². The van der Waals surface area contributed by atoms with Gasteiger partial charge in [-0.3, -0.25) is 9.88 Å². The highest BCUT2D eigenvalue weighted by atomic mass is 16.3. The van der Waals surface area contributed by atoms with Gasteiger partial charge in [0.2, 0.25) is 0 Å². The fourth-order valence-electron chi connectivity index (χ4n) is 1.87. The van der Waals surface area contributed by atoms with Crippen LogP contribution < -0.4 is 5.32 Å². The number of rotatable bonds is 6. The number of amides is 2. The first-order valence-electron chi connectivity index (χ1n) is 7.07. The molecule has 0 aliphatic heterocycles. The molecule has 2 aromatic rings. The van der Waals surface area contributed by atoms with E-state index < -0.39 is 0 Å². The Balaban J connectivity index is 1.94. The van der Waals surface area contributed by atoms with Gasteiger partial charge in [0.1, 0.15) is 0 Å². The van der Waals surface area contributed by atoms with Gasteiger partial charge in [-0.2, -0.15) is 0 Å². The molecule has 5 heteroatoms. The molecule has 0 fully saturated rings. The summed E-state index contributed by atoms with van der Waals surface area (Å²) >= 11 is 0. The Morgan fingerprint density at radius 3 is 2.73 bits per heavy atom. The Bertz CT molecular complexity index is 600. The van der Waals surface area contributed by atoms with E-state index in [2.05, 4.69) is 10.3 Å². The van der Waals surface area contributed by atoms with Crippen molar-refractivity contribution in [3.8, 4) is 0 Å². The molecular weight excluding hydrogens is 278 g/mol. The quantitative estimate of drug-likeness (QED) is 0.859. The van der Waals surface area contributed by atoms with E-state index in [1.54, 1.807) is 18.6 Å². The zero-order valence-corrected chi connectivity index (χ0v) is 12.2. The van der Waals surface area contributed by atoms with E-state index in [0.717, 1.165) is 11.1 Å². The summed E-state index contributed by atoms with van der Waals surface area (Å²) in [6, 6.07) is 13.1. The van der Waals surface area contributed by atoms with Crippen LogP contribution in [0.4, 0.5) is 4.79 Å². The smallest absolute Gasteiger partial charge is 0.321 e. The molecular formula is C17H19N3O2. The summed E-state index contributed by atoms with van der Waals surface area (Å²) in [5.74, 6) is 0. The number of aromatic nitrogens is 1. The number of carbonyl (C=O) groups is 1. The number of hydrogen-bond donors (Lipinski definition) is 2. The zero-order valence-electron chi connectivity index (χ0n) is 12.2. The third-order valence-electron chi connectivity index (χ3n) is 3.01. The highest BCUT2D eigenvalue weighted by Gasteiger charge is 2.09. The van der Waals surface area contributed by atoms with Crippen molar-refractivity contribution in [2.75, 3.05) is 13.2 Å². The van der Waals surface area contributed by atoms with Crippen LogP contribution in [0.2, 0.25) is 0 Å². The van der Waals surface area contributed by atoms with Crippen LogP contribution in [-0.2, 0) is 6.54 Å². The molecule has 22 heavy (non-hydrogen) atoms. The molecule has 2 amide bonds. The van der Waals surface area contributed by atoms with E-state index in [9.17, 15) is 4.79 Å². The SMILES string of the molecule is O=C(NCc1cccnc1)N(C=Cc1ccccc1)CCO. The van der Waals surface area contributed by atoms with Crippen molar-refractivity contribution in [3.63, 3.8) is 0 Å². The third-order valence-corrected chi connectivity index (χ3v) is 3.01. The van der Waals surface area contributed by atoms with Gasteiger partial charge in [0, 0.05) is 25.1 Å². The molecule has 0 aliphatic carbocycles. The molecule has 0 saturated carbocycles. The number of nitrogens with zero attached hydrogens (tertiary/aromatic N) is 2. The maximum Gasteiger partial charge on any atom is 0.321 e. The molecule has 2 N–H and O–H groups in total. The summed E-state index contributed by atoms with van der Waals surface area (Å²) in [6.45, 7) is 0.537. The van der Waals surface area contributed by atoms with E-state index in [1.165, 1.54) is 4.90 Å². The van der Waals surface area contributed by atoms with Crippen LogP contribution >= 0.6 is 0 Å². The molecule has 2 rings (SSSR count). The standard InChI is InChI=1S/C17H19N3O2/c21-12-11-20(10-8-15-5-2-1-3-6-15)17(22)19-14-16-7-4-9-18-13-16/h1-10,13,21H,11-12,14H2,(H,19,22). The molecule has 1 aromatic heterocycles. The summed E-state index contributed by atoms with van der Waals surface area (Å²) < 4.78 is 0. The lowest BCUT2D eigenvalue weighted by Gasteiger charge is -2.18. The van der Waals surface area contributed by atoms with Crippen LogP contribution in [0, 0.1) is 0 Å². The Hall–Kier alpha value is -2.66. The van der Waals surface area contributed by atoms with Crippen LogP contribution in [0.1, 0.15) is 11.1 Å². The fourth-order valence-corrected chi connectivity index (χ4v) is 1.87. The van der Waals surface area contributed by atoms with E-state index in [1.807, 2.05) is 48.5 Å². The molecule has 114 valence electrons. The molecule has 0 spiro atoms. The monoisotopic (exact) mass is 297 g/mol. The Labute approximate surface area is 129 Å². The minimum Gasteiger partial charge on any atom is -0.395 e. The summed E-state index contributed by atoms with van der Waals surface area (Å²) in [4.78, 5) is 17.6. The van der Waals surface area contributed by atoms with Crippen molar-refractivity contribution in [3.05, 3.63) is 72.2 Å². The van der Waals surface area contributed by atoms with Gasteiger partial charge < -0.3 is 10.4 Å². The normalized spacial score (nSPS) is 10.6. The van der Waals surface area contributed by atoms with Crippen LogP contribution in [0.25, 0.3) is 6.08 Å². The first-order valence-corrected chi connectivity index (χ1v) is 7.07. The lowest BCUT2D eigenvalue weighted by atomic mass is 10.2. The van der Waals surface area contributed by atoms with Gasteiger partial charge in [0.25, 0.3) is 0 Å². The van der Waals surface area contributed by atoms with E-state index >= 15 is 0 Å². The first kappa shape index (κ1) is 15.7. The predicted octanol–water partition coefficient (Wildman–Crippen LogP) is 2.26. The van der Waals surface area contributed by atoms with Crippen molar-refractivity contribution in [1.82, 2.24) is 15.2 Å². The number of aliphatic hydroxyl groups is 1. The highest BCUT2D eigenvalue weighted by Crippen LogP contribution is 2.03. The second-order valence-electron chi connectivity index (χ2n) is 4.66. The number of nitrogens with one attached hydrogen (secondary N) is 1. The summed E-state index contributed by atoms with van der Waals surface area (Å²) in [5, 5.41) is 11.9. The number of pyridine rings is 1. The molecule has 0 unspecified atom stereocenters. The fraction of sp³-hybridized carbons (Fsp3) is 0.176. The molecule has 0 saturated heterocycles. The summed E-state index contributed by atoms with van der Waals surface area (Å²) in [6.07, 6.45) is 6.89. The van der Waals surface area contributed by atoms with Gasteiger partial charge in [0.15, 0.2) is 0 Å². The number of urea groups is 1. The molecule has 0 radical (unpaired) electrons. The van der Waals surface area contributed by atoms with Crippen molar-refractivity contribution >= 4 is 12.1 Å². The minimum absolute atomic E-state index is 0.0978. The highest BCUT2D eigenvalue weighted by molar-refractivity contribution is 5.76. The molecule has 1 aromatic carbocycles. The van der Waals surface area contributed by atoms with Crippen molar-refractivity contribution in [1.29, 1.82) is 0 Å². The van der Waals surface area contributed by atoms with Crippen LogP contribution in [0.15, 0.2) is 61.1 Å². The number of aliphatic hydroxyl groups excluding tert-OH is 1. The molecule has 5 nitrogen and oxygen atoms in total. The lowest BCUT2D eigenvalue weighted by Crippen LogP contribution is -2.37. The number of carbonyl (C=O) groups excluding carboxylic acids is 1. The molecule has 1 heterocycles. The van der Waals surface area contributed by atoms with Crippen LogP contribution in [-0.4, -0.2) is 34.2 Å². The van der Waals surface area contributed by atoms with Gasteiger partial charge >= 0.3 is 6.03 Å². The van der Waals surface area contributed by atoms with Crippen LogP contribution in [0.3, 0.4) is 0 Å². The molecule has 0 bridgehead atoms. The van der Waals surface area contributed by atoms with Gasteiger partial charge in [-0.25, -0.2) is 4.79 Å². The second kappa shape index (κ2) is 8.59. The second-order valence-corrected chi connectivity index (χ2v) is 4.66. The lowest BCUT2D eigenvalue weighted by molar-refractivity contribution is 0.198. The van der Waals surface area contributed by atoms with E-state index in [-0.39, 0.29) is 19.2 Å². The minimum atomic E-state index is -0.259. The Morgan fingerprint density at radius 1 is 1.23 bits per heavy atom. The maximum absolute atomic E-state index is 12.2. The molecule has 0 atom stereocenters. The van der Waals surface area contributed by atoms with Crippen molar-refractivity contribution < 1.29 is 9.90 Å². The van der Waals surface area contributed by atoms with E-state index in [0.29, 0.717) is 6.54 Å².